The molecule has 6 heteroatoms. The summed E-state index contributed by atoms with van der Waals surface area (Å²) in [5, 5.41) is 0. The number of unbranched alkanes of at least 4 members (excludes halogenated alkanes) is 22. The second kappa shape index (κ2) is 54.9. The summed E-state index contributed by atoms with van der Waals surface area (Å²) in [6.45, 7) is 6.41. The fourth-order valence-corrected chi connectivity index (χ4v) is 7.41. The van der Waals surface area contributed by atoms with Gasteiger partial charge in [0.05, 0.1) is 0 Å². The molecule has 0 fully saturated rings. The van der Waals surface area contributed by atoms with E-state index in [4.69, 9.17) is 14.2 Å². The van der Waals surface area contributed by atoms with Crippen LogP contribution < -0.4 is 0 Å². The van der Waals surface area contributed by atoms with E-state index >= 15 is 0 Å². The first-order valence-corrected chi connectivity index (χ1v) is 27.7. The van der Waals surface area contributed by atoms with E-state index in [0.29, 0.717) is 19.3 Å². The Morgan fingerprint density at radius 2 is 0.627 bits per heavy atom. The number of esters is 3. The highest BCUT2D eigenvalue weighted by Gasteiger charge is 2.19. The van der Waals surface area contributed by atoms with Gasteiger partial charge in [0.25, 0.3) is 0 Å². The lowest BCUT2D eigenvalue weighted by Crippen LogP contribution is -2.30. The average Bonchev–Trinajstić information content (AvgIpc) is 3.33. The van der Waals surface area contributed by atoms with Crippen LogP contribution in [0.1, 0.15) is 252 Å². The van der Waals surface area contributed by atoms with Gasteiger partial charge in [-0.2, -0.15) is 0 Å². The van der Waals surface area contributed by atoms with E-state index in [-0.39, 0.29) is 44.0 Å². The van der Waals surface area contributed by atoms with Crippen molar-refractivity contribution in [3.8, 4) is 0 Å². The molecule has 0 amide bonds. The van der Waals surface area contributed by atoms with Crippen molar-refractivity contribution in [1.82, 2.24) is 0 Å². The minimum Gasteiger partial charge on any atom is -0.462 e. The minimum atomic E-state index is -0.832. The highest BCUT2D eigenvalue weighted by molar-refractivity contribution is 5.71. The Kier molecular flexibility index (Phi) is 51.9. The third kappa shape index (κ3) is 53.2. The predicted molar refractivity (Wildman–Crippen MR) is 288 cm³/mol. The van der Waals surface area contributed by atoms with Crippen LogP contribution in [0.4, 0.5) is 0 Å². The Bertz CT molecular complexity index is 1350. The van der Waals surface area contributed by atoms with Gasteiger partial charge in [-0.15, -0.1) is 0 Å². The van der Waals surface area contributed by atoms with Crippen molar-refractivity contribution in [3.05, 3.63) is 97.2 Å². The normalized spacial score (nSPS) is 12.8. The zero-order valence-electron chi connectivity index (χ0n) is 43.6. The number of hydrogen-bond donors (Lipinski definition) is 0. The number of hydrogen-bond acceptors (Lipinski definition) is 6. The van der Waals surface area contributed by atoms with Crippen molar-refractivity contribution in [2.24, 2.45) is 0 Å². The molecule has 0 aliphatic heterocycles. The smallest absolute Gasteiger partial charge is 0.306 e. The van der Waals surface area contributed by atoms with Crippen LogP contribution in [0.2, 0.25) is 0 Å². The second-order valence-corrected chi connectivity index (χ2v) is 18.1. The molecule has 0 spiro atoms. The molecule has 0 N–H and O–H groups in total. The van der Waals surface area contributed by atoms with Gasteiger partial charge in [-0.3, -0.25) is 14.4 Å². The predicted octanol–water partition coefficient (Wildman–Crippen LogP) is 18.5. The van der Waals surface area contributed by atoms with Gasteiger partial charge in [0.2, 0.25) is 0 Å². The van der Waals surface area contributed by atoms with E-state index in [1.54, 1.807) is 0 Å². The number of rotatable bonds is 49. The molecule has 0 saturated heterocycles. The molecule has 1 atom stereocenters. The molecule has 0 aromatic rings. The minimum absolute atomic E-state index is 0.120. The molecule has 0 bridgehead atoms. The third-order valence-electron chi connectivity index (χ3n) is 11.6. The maximum absolute atomic E-state index is 12.8. The fourth-order valence-electron chi connectivity index (χ4n) is 7.41. The third-order valence-corrected chi connectivity index (χ3v) is 11.6. The topological polar surface area (TPSA) is 78.9 Å². The molecule has 1 unspecified atom stereocenters. The van der Waals surface area contributed by atoms with E-state index in [1.807, 2.05) is 6.08 Å². The lowest BCUT2D eigenvalue weighted by molar-refractivity contribution is -0.166. The summed E-state index contributed by atoms with van der Waals surface area (Å²) in [6.07, 6.45) is 72.7. The Morgan fingerprint density at radius 3 is 1.06 bits per heavy atom. The zero-order valence-corrected chi connectivity index (χ0v) is 43.6. The molecule has 0 aliphatic carbocycles. The molecule has 0 aromatic carbocycles. The molecule has 0 saturated carbocycles. The Balaban J connectivity index is 4.51. The van der Waals surface area contributed by atoms with Crippen molar-refractivity contribution in [3.63, 3.8) is 0 Å². The van der Waals surface area contributed by atoms with Crippen LogP contribution in [0.5, 0.6) is 0 Å². The quantitative estimate of drug-likeness (QED) is 0.0262. The Morgan fingerprint density at radius 1 is 0.313 bits per heavy atom. The summed E-state index contributed by atoms with van der Waals surface area (Å²) in [5.41, 5.74) is 0. The molecular formula is C61H102O6. The van der Waals surface area contributed by atoms with Gasteiger partial charge in [0.1, 0.15) is 13.2 Å². The Labute approximate surface area is 413 Å². The van der Waals surface area contributed by atoms with Crippen molar-refractivity contribution < 1.29 is 28.6 Å². The van der Waals surface area contributed by atoms with Crippen LogP contribution in [-0.4, -0.2) is 37.2 Å². The van der Waals surface area contributed by atoms with Gasteiger partial charge in [-0.1, -0.05) is 227 Å². The van der Waals surface area contributed by atoms with E-state index in [0.717, 1.165) is 70.6 Å². The average molecular weight is 931 g/mol. The summed E-state index contributed by atoms with van der Waals surface area (Å²) in [6, 6.07) is 0. The second-order valence-electron chi connectivity index (χ2n) is 18.1. The maximum atomic E-state index is 12.8. The summed E-state index contributed by atoms with van der Waals surface area (Å²) in [7, 11) is 0. The van der Waals surface area contributed by atoms with Gasteiger partial charge in [0, 0.05) is 19.3 Å². The lowest BCUT2D eigenvalue weighted by atomic mass is 10.1. The van der Waals surface area contributed by atoms with Crippen LogP contribution in [0.15, 0.2) is 97.2 Å². The van der Waals surface area contributed by atoms with Crippen molar-refractivity contribution in [2.45, 2.75) is 258 Å². The molecule has 0 aromatic heterocycles. The summed E-state index contributed by atoms with van der Waals surface area (Å²) < 4.78 is 16.7. The molecule has 0 rings (SSSR count). The SMILES string of the molecule is CC/C=C\C/C=C\C/C=C\C/C=C\C/C=C\CCCC(=O)OC(COC(=O)CC/C=C\C/C=C\CCCCCCCC)COC(=O)CCCCCCCCC/C=C\CCCCCCCCCC. The molecule has 0 aliphatic rings. The van der Waals surface area contributed by atoms with Crippen LogP contribution in [-0.2, 0) is 28.6 Å². The molecule has 382 valence electrons. The lowest BCUT2D eigenvalue weighted by Gasteiger charge is -2.18. The number of allylic oxidation sites excluding steroid dienone is 16. The van der Waals surface area contributed by atoms with Gasteiger partial charge in [-0.25, -0.2) is 0 Å². The summed E-state index contributed by atoms with van der Waals surface area (Å²) >= 11 is 0. The van der Waals surface area contributed by atoms with E-state index in [9.17, 15) is 14.4 Å². The van der Waals surface area contributed by atoms with E-state index in [2.05, 4.69) is 112 Å². The molecule has 67 heavy (non-hydrogen) atoms. The number of carbonyl (C=O) groups excluding carboxylic acids is 3. The highest BCUT2D eigenvalue weighted by atomic mass is 16.6. The van der Waals surface area contributed by atoms with Gasteiger partial charge in [-0.05, 0) is 103 Å². The van der Waals surface area contributed by atoms with Gasteiger partial charge in [0.15, 0.2) is 6.10 Å². The van der Waals surface area contributed by atoms with Crippen LogP contribution in [0.25, 0.3) is 0 Å². The number of carbonyl (C=O) groups is 3. The number of ether oxygens (including phenoxy) is 3. The monoisotopic (exact) mass is 931 g/mol. The van der Waals surface area contributed by atoms with Crippen LogP contribution in [0, 0.1) is 0 Å². The first-order valence-electron chi connectivity index (χ1n) is 27.7. The van der Waals surface area contributed by atoms with Crippen molar-refractivity contribution in [2.75, 3.05) is 13.2 Å². The Hall–Kier alpha value is -3.67. The van der Waals surface area contributed by atoms with Crippen LogP contribution >= 0.6 is 0 Å². The molecule has 6 nitrogen and oxygen atoms in total. The summed E-state index contributed by atoms with van der Waals surface area (Å²) in [5.74, 6) is -1.05. The first-order chi connectivity index (χ1) is 33.0. The summed E-state index contributed by atoms with van der Waals surface area (Å²) in [4.78, 5) is 38.0. The first kappa shape index (κ1) is 63.3. The van der Waals surface area contributed by atoms with Crippen molar-refractivity contribution >= 4 is 17.9 Å². The van der Waals surface area contributed by atoms with Gasteiger partial charge >= 0.3 is 17.9 Å². The van der Waals surface area contributed by atoms with Gasteiger partial charge < -0.3 is 14.2 Å². The fraction of sp³-hybridized carbons (Fsp3) is 0.689. The molecular weight excluding hydrogens is 829 g/mol. The zero-order chi connectivity index (χ0) is 48.6. The highest BCUT2D eigenvalue weighted by Crippen LogP contribution is 2.14. The van der Waals surface area contributed by atoms with E-state index in [1.165, 1.54) is 128 Å². The molecule has 0 radical (unpaired) electrons. The largest absolute Gasteiger partial charge is 0.462 e. The standard InChI is InChI=1S/C61H102O6/c1-4-7-10-13-16-19-22-25-27-29-30-32-33-36-39-42-45-48-51-54-60(63)66-57-58(56-65-59(62)53-50-47-44-41-38-35-24-21-18-15-12-9-6-3)67-61(64)55-52-49-46-43-40-37-34-31-28-26-23-20-17-14-11-8-5-2/h8,11,17,20,26,28-30,34-35,37-38,43-44,46-47,58H,4-7,9-10,12-16,18-19,21-25,27,31-33,36,39-42,45,48-57H2,1-3H3/b11-8-,20-17-,28-26-,30-29-,37-34-,38-35-,46-43-,47-44-. The van der Waals surface area contributed by atoms with E-state index < -0.39 is 6.10 Å². The van der Waals surface area contributed by atoms with Crippen LogP contribution in [0.3, 0.4) is 0 Å². The molecule has 0 heterocycles. The van der Waals surface area contributed by atoms with Crippen molar-refractivity contribution in [1.29, 1.82) is 0 Å². The maximum Gasteiger partial charge on any atom is 0.306 e.